The first kappa shape index (κ1) is 17.3. The van der Waals surface area contributed by atoms with Crippen molar-refractivity contribution in [2.24, 2.45) is 7.05 Å². The van der Waals surface area contributed by atoms with Crippen molar-refractivity contribution in [2.45, 2.75) is 48.1 Å². The van der Waals surface area contributed by atoms with E-state index in [0.29, 0.717) is 55.4 Å². The number of hydrogen-bond acceptors (Lipinski definition) is 0. The van der Waals surface area contributed by atoms with E-state index in [9.17, 15) is 0 Å². The zero-order valence-electron chi connectivity index (χ0n) is 41.0. The molecule has 0 N–H and O–H groups in total. The van der Waals surface area contributed by atoms with Crippen LogP contribution in [0.15, 0.2) is 109 Å². The van der Waals surface area contributed by atoms with E-state index >= 15 is 0 Å². The predicted octanol–water partition coefficient (Wildman–Crippen LogP) is 5.35. The monoisotopic (exact) mass is 609 g/mol. The Morgan fingerprint density at radius 3 is 1.76 bits per heavy atom. The van der Waals surface area contributed by atoms with E-state index in [1.165, 1.54) is 30.3 Å². The molecule has 0 saturated carbocycles. The third-order valence-electron chi connectivity index (χ3n) is 9.49. The molecule has 0 amide bonds. The summed E-state index contributed by atoms with van der Waals surface area (Å²) in [7, 11) is 1.72. The Bertz CT molecular complexity index is 2610. The molecule has 0 aliphatic carbocycles. The smallest absolute Gasteiger partial charge is 0.201 e. The molecule has 1 aliphatic heterocycles. The van der Waals surface area contributed by atoms with Crippen LogP contribution in [0.2, 0.25) is 0 Å². The molecule has 224 valence electrons. The van der Waals surface area contributed by atoms with E-state index in [1.54, 1.807) is 91.5 Å². The SMILES string of the molecule is [2H]C([2H])([2H])c1c[n+](C)c(-c2ccc3c(c2C)B(c2c(C([2H])([2H])[2H])cccc2C([2H])([2H])[2H])c2ccccc2B3c2c(C([2H])([2H])[2H])cc(-c3ccccc3)cc2C([2H])([2H])[2H])cc1C. The molecule has 0 bridgehead atoms. The summed E-state index contributed by atoms with van der Waals surface area (Å²) in [5.74, 6) is 0. The van der Waals surface area contributed by atoms with Gasteiger partial charge in [0, 0.05) is 37.8 Å². The van der Waals surface area contributed by atoms with Crippen LogP contribution in [-0.4, -0.2) is 13.4 Å². The van der Waals surface area contributed by atoms with Crippen molar-refractivity contribution in [3.05, 3.63) is 148 Å². The van der Waals surface area contributed by atoms with Gasteiger partial charge in [-0.1, -0.05) is 146 Å². The number of aryl methyl sites for hydroxylation is 7. The molecule has 1 aliphatic rings. The highest BCUT2D eigenvalue weighted by Crippen LogP contribution is 2.24. The second-order valence-electron chi connectivity index (χ2n) is 12.2. The van der Waals surface area contributed by atoms with Gasteiger partial charge in [0.25, 0.3) is 0 Å². The standard InChI is InChI=1S/C43H42B2N/c1-27-15-14-16-28(2)41(27)45-38-20-13-12-19-37(38)44(42-30(4)23-35(24-31(42)5)34-17-10-9-11-18-34)39-22-21-36(33(7)43(39)45)40-25-29(3)32(6)26-46(40)8/h9-26H,1-8H3/q+1/i1D3,2D3,4D3,5D3,6D3. The van der Waals surface area contributed by atoms with Gasteiger partial charge < -0.3 is 0 Å². The highest BCUT2D eigenvalue weighted by atomic mass is 14.9. The summed E-state index contributed by atoms with van der Waals surface area (Å²) in [5, 5.41) is 0. The van der Waals surface area contributed by atoms with Crippen LogP contribution in [0, 0.1) is 48.1 Å². The highest BCUT2D eigenvalue weighted by molar-refractivity contribution is 7.11. The number of rotatable bonds is 4. The minimum absolute atomic E-state index is 0.0553. The molecule has 0 fully saturated rings. The zero-order valence-corrected chi connectivity index (χ0v) is 26.0. The molecule has 0 radical (unpaired) electrons. The summed E-state index contributed by atoms with van der Waals surface area (Å²) in [5.41, 5.74) is 4.90. The van der Waals surface area contributed by atoms with Crippen molar-refractivity contribution in [3.8, 4) is 22.4 Å². The second kappa shape index (κ2) is 11.6. The van der Waals surface area contributed by atoms with E-state index < -0.39 is 47.7 Å². The fraction of sp³-hybridized carbons (Fsp3) is 0.186. The molecule has 3 heteroatoms. The predicted molar refractivity (Wildman–Crippen MR) is 200 cm³/mol. The van der Waals surface area contributed by atoms with Crippen LogP contribution in [0.4, 0.5) is 0 Å². The normalized spacial score (nSPS) is 18.5. The number of aromatic nitrogens is 1. The third kappa shape index (κ3) is 4.85. The van der Waals surface area contributed by atoms with Crippen molar-refractivity contribution in [2.75, 3.05) is 0 Å². The van der Waals surface area contributed by atoms with Gasteiger partial charge in [-0.25, -0.2) is 4.57 Å². The molecule has 1 nitrogen and oxygen atoms in total. The lowest BCUT2D eigenvalue weighted by Crippen LogP contribution is -2.76. The van der Waals surface area contributed by atoms with Gasteiger partial charge in [-0.3, -0.25) is 0 Å². The Morgan fingerprint density at radius 2 is 1.11 bits per heavy atom. The molecular weight excluding hydrogens is 552 g/mol. The van der Waals surface area contributed by atoms with Crippen molar-refractivity contribution in [1.82, 2.24) is 0 Å². The van der Waals surface area contributed by atoms with E-state index in [2.05, 4.69) is 0 Å². The Balaban J connectivity index is 1.68. The average Bonchev–Trinajstić information content (AvgIpc) is 3.16. The summed E-state index contributed by atoms with van der Waals surface area (Å²) in [6.45, 7) is -12.1. The lowest BCUT2D eigenvalue weighted by molar-refractivity contribution is -0.660. The van der Waals surface area contributed by atoms with Gasteiger partial charge in [0.2, 0.25) is 19.1 Å². The van der Waals surface area contributed by atoms with Gasteiger partial charge >= 0.3 is 0 Å². The average molecular weight is 610 g/mol. The molecule has 7 rings (SSSR count). The third-order valence-corrected chi connectivity index (χ3v) is 9.49. The van der Waals surface area contributed by atoms with Crippen molar-refractivity contribution < 1.29 is 25.1 Å². The summed E-state index contributed by atoms with van der Waals surface area (Å²) in [6, 6.07) is 28.6. The molecule has 46 heavy (non-hydrogen) atoms. The summed E-state index contributed by atoms with van der Waals surface area (Å²) >= 11 is 0. The molecule has 1 aromatic heterocycles. The number of fused-ring (bicyclic) bond motifs is 2. The molecule has 6 aromatic rings. The number of pyridine rings is 1. The molecule has 0 atom stereocenters. The number of nitrogens with zero attached hydrogens (tertiary/aromatic N) is 1. The fourth-order valence-electron chi connectivity index (χ4n) is 7.29. The topological polar surface area (TPSA) is 3.88 Å². The van der Waals surface area contributed by atoms with Crippen LogP contribution in [0.5, 0.6) is 0 Å². The molecule has 2 heterocycles. The minimum Gasteiger partial charge on any atom is -0.201 e. The minimum atomic E-state index is -2.81. The number of benzene rings is 5. The van der Waals surface area contributed by atoms with Gasteiger partial charge in [0.1, 0.15) is 7.05 Å². The van der Waals surface area contributed by atoms with Crippen molar-refractivity contribution >= 4 is 46.2 Å². The first-order valence-corrected chi connectivity index (χ1v) is 15.3. The Labute approximate surface area is 297 Å². The van der Waals surface area contributed by atoms with Gasteiger partial charge in [-0.2, -0.15) is 0 Å². The maximum atomic E-state index is 8.90. The van der Waals surface area contributed by atoms with Crippen LogP contribution in [-0.2, 0) is 7.05 Å². The quantitative estimate of drug-likeness (QED) is 0.187. The first-order valence-electron chi connectivity index (χ1n) is 22.8. The van der Waals surface area contributed by atoms with Gasteiger partial charge in [-0.05, 0) is 76.4 Å². The van der Waals surface area contributed by atoms with Gasteiger partial charge in [0.15, 0.2) is 6.20 Å². The van der Waals surface area contributed by atoms with Gasteiger partial charge in [-0.15, -0.1) is 0 Å². The second-order valence-corrected chi connectivity index (χ2v) is 12.2. The summed E-state index contributed by atoms with van der Waals surface area (Å²) in [4.78, 5) is 0. The lowest BCUT2D eigenvalue weighted by Gasteiger charge is -2.36. The van der Waals surface area contributed by atoms with Crippen molar-refractivity contribution in [1.29, 1.82) is 0 Å². The van der Waals surface area contributed by atoms with Gasteiger partial charge in [0.05, 0.1) is 0 Å². The fourth-order valence-corrected chi connectivity index (χ4v) is 7.29. The Hall–Kier alpha value is -4.62. The lowest BCUT2D eigenvalue weighted by atomic mass is 9.20. The van der Waals surface area contributed by atoms with E-state index in [-0.39, 0.29) is 38.7 Å². The largest absolute Gasteiger partial charge is 0.241 e. The maximum Gasteiger partial charge on any atom is 0.241 e. The molecular formula is C43H42B2N+. The summed E-state index contributed by atoms with van der Waals surface area (Å²) < 4.78 is 132. The number of hydrogen-bond donors (Lipinski definition) is 0. The molecule has 5 aromatic carbocycles. The van der Waals surface area contributed by atoms with Crippen molar-refractivity contribution in [3.63, 3.8) is 0 Å². The summed E-state index contributed by atoms with van der Waals surface area (Å²) in [6.07, 6.45) is 1.54. The van der Waals surface area contributed by atoms with Crippen LogP contribution in [0.25, 0.3) is 22.4 Å². The first-order chi connectivity index (χ1) is 28.2. The maximum absolute atomic E-state index is 8.90. The van der Waals surface area contributed by atoms with E-state index in [0.717, 1.165) is 0 Å². The van der Waals surface area contributed by atoms with E-state index in [4.69, 9.17) is 20.6 Å². The zero-order chi connectivity index (χ0) is 44.8. The highest BCUT2D eigenvalue weighted by Gasteiger charge is 2.42. The van der Waals surface area contributed by atoms with Crippen LogP contribution >= 0.6 is 0 Å². The molecule has 0 unspecified atom stereocenters. The molecule has 0 saturated heterocycles. The van der Waals surface area contributed by atoms with E-state index in [1.807, 2.05) is 13.0 Å². The van der Waals surface area contributed by atoms with Crippen LogP contribution < -0.4 is 37.3 Å². The van der Waals surface area contributed by atoms with Crippen LogP contribution in [0.1, 0.15) is 59.5 Å². The molecule has 0 spiro atoms. The Morgan fingerprint density at radius 1 is 0.500 bits per heavy atom. The Kier molecular flexibility index (Phi) is 4.38. The van der Waals surface area contributed by atoms with Crippen LogP contribution in [0.3, 0.4) is 0 Å².